The largest absolute Gasteiger partial charge is 0.460 e. The van der Waals surface area contributed by atoms with Gasteiger partial charge in [-0.25, -0.2) is 0 Å². The zero-order chi connectivity index (χ0) is 14.8. The predicted molar refractivity (Wildman–Crippen MR) is 72.6 cm³/mol. The summed E-state index contributed by atoms with van der Waals surface area (Å²) < 4.78 is 34.0. The average Bonchev–Trinajstić information content (AvgIpc) is 2.36. The first-order valence-corrected chi connectivity index (χ1v) is 7.93. The van der Waals surface area contributed by atoms with Gasteiger partial charge in [0, 0.05) is 6.42 Å². The van der Waals surface area contributed by atoms with Crippen LogP contribution < -0.4 is 0 Å². The lowest BCUT2D eigenvalue weighted by atomic mass is 9.98. The van der Waals surface area contributed by atoms with Crippen LogP contribution in [-0.2, 0) is 23.8 Å². The Morgan fingerprint density at radius 1 is 1.30 bits per heavy atom. The summed E-state index contributed by atoms with van der Waals surface area (Å²) >= 11 is 0. The molecule has 0 radical (unpaired) electrons. The highest BCUT2D eigenvalue weighted by Crippen LogP contribution is 2.22. The Kier molecular flexibility index (Phi) is 4.45. The second-order valence-electron chi connectivity index (χ2n) is 5.21. The predicted octanol–water partition coefficient (Wildman–Crippen LogP) is 2.04. The number of hydrogen-bond donors (Lipinski definition) is 0. The van der Waals surface area contributed by atoms with Gasteiger partial charge in [-0.2, -0.15) is 8.42 Å². The van der Waals surface area contributed by atoms with Crippen molar-refractivity contribution in [1.29, 1.82) is 0 Å². The van der Waals surface area contributed by atoms with Crippen LogP contribution in [0, 0.1) is 12.8 Å². The molecule has 1 aromatic carbocycles. The van der Waals surface area contributed by atoms with E-state index in [9.17, 15) is 13.2 Å². The van der Waals surface area contributed by atoms with Crippen molar-refractivity contribution in [3.05, 3.63) is 29.8 Å². The van der Waals surface area contributed by atoms with Gasteiger partial charge in [0.05, 0.1) is 4.90 Å². The molecule has 1 aliphatic heterocycles. The normalized spacial score (nSPS) is 23.4. The number of esters is 1. The summed E-state index contributed by atoms with van der Waals surface area (Å²) in [5.41, 5.74) is 0.971. The van der Waals surface area contributed by atoms with E-state index in [0.717, 1.165) is 5.56 Å². The lowest BCUT2D eigenvalue weighted by Crippen LogP contribution is -2.32. The van der Waals surface area contributed by atoms with Crippen molar-refractivity contribution < 1.29 is 22.1 Å². The van der Waals surface area contributed by atoms with E-state index in [-0.39, 0.29) is 23.4 Å². The Morgan fingerprint density at radius 2 is 1.95 bits per heavy atom. The van der Waals surface area contributed by atoms with Crippen molar-refractivity contribution in [3.63, 3.8) is 0 Å². The lowest BCUT2D eigenvalue weighted by Gasteiger charge is -2.26. The second kappa shape index (κ2) is 5.93. The number of hydrogen-bond acceptors (Lipinski definition) is 5. The fourth-order valence-electron chi connectivity index (χ4n) is 2.14. The highest BCUT2D eigenvalue weighted by Gasteiger charge is 2.28. The number of benzene rings is 1. The number of carbonyl (C=O) groups excluding carboxylic acids is 1. The van der Waals surface area contributed by atoms with Crippen LogP contribution in [-0.4, -0.2) is 27.1 Å². The summed E-state index contributed by atoms with van der Waals surface area (Å²) in [6, 6.07) is 6.41. The van der Waals surface area contributed by atoms with Gasteiger partial charge in [-0.15, -0.1) is 0 Å². The molecule has 1 saturated heterocycles. The van der Waals surface area contributed by atoms with E-state index in [2.05, 4.69) is 0 Å². The molecule has 0 spiro atoms. The zero-order valence-electron chi connectivity index (χ0n) is 11.5. The van der Waals surface area contributed by atoms with Crippen LogP contribution in [0.2, 0.25) is 0 Å². The summed E-state index contributed by atoms with van der Waals surface area (Å²) in [5.74, 6) is -0.114. The molecule has 6 heteroatoms. The topological polar surface area (TPSA) is 69.7 Å². The fraction of sp³-hybridized carbons (Fsp3) is 0.500. The number of carbonyl (C=O) groups is 1. The fourth-order valence-corrected chi connectivity index (χ4v) is 3.08. The van der Waals surface area contributed by atoms with Gasteiger partial charge < -0.3 is 4.74 Å². The highest BCUT2D eigenvalue weighted by atomic mass is 32.2. The quantitative estimate of drug-likeness (QED) is 0.628. The molecule has 2 rings (SSSR count). The molecule has 1 unspecified atom stereocenters. The van der Waals surface area contributed by atoms with Crippen molar-refractivity contribution in [2.45, 2.75) is 37.7 Å². The number of ether oxygens (including phenoxy) is 1. The third-order valence-corrected chi connectivity index (χ3v) is 4.49. The Hall–Kier alpha value is -1.40. The summed E-state index contributed by atoms with van der Waals surface area (Å²) in [6.07, 6.45) is 0.502. The van der Waals surface area contributed by atoms with E-state index in [0.29, 0.717) is 12.8 Å². The molecule has 0 N–H and O–H groups in total. The van der Waals surface area contributed by atoms with Gasteiger partial charge in [-0.1, -0.05) is 24.6 Å². The summed E-state index contributed by atoms with van der Waals surface area (Å²) in [4.78, 5) is 11.4. The molecule has 5 nitrogen and oxygen atoms in total. The molecule has 1 fully saturated rings. The second-order valence-corrected chi connectivity index (χ2v) is 6.82. The Bertz CT molecular complexity index is 576. The van der Waals surface area contributed by atoms with Crippen LogP contribution in [0.3, 0.4) is 0 Å². The van der Waals surface area contributed by atoms with Crippen LogP contribution in [0.1, 0.15) is 25.3 Å². The average molecular weight is 298 g/mol. The lowest BCUT2D eigenvalue weighted by molar-refractivity contribution is -0.158. The van der Waals surface area contributed by atoms with Gasteiger partial charge in [0.25, 0.3) is 10.1 Å². The minimum Gasteiger partial charge on any atom is -0.460 e. The van der Waals surface area contributed by atoms with Crippen molar-refractivity contribution in [1.82, 2.24) is 0 Å². The maximum absolute atomic E-state index is 12.0. The first kappa shape index (κ1) is 15.0. The van der Waals surface area contributed by atoms with Crippen LogP contribution in [0.4, 0.5) is 0 Å². The van der Waals surface area contributed by atoms with E-state index in [1.54, 1.807) is 12.1 Å². The highest BCUT2D eigenvalue weighted by molar-refractivity contribution is 7.86. The first-order valence-electron chi connectivity index (χ1n) is 6.52. The zero-order valence-corrected chi connectivity index (χ0v) is 12.4. The van der Waals surface area contributed by atoms with Crippen molar-refractivity contribution in [2.24, 2.45) is 5.92 Å². The van der Waals surface area contributed by atoms with Crippen molar-refractivity contribution in [2.75, 3.05) is 6.61 Å². The maximum Gasteiger partial charge on any atom is 0.306 e. The molecular weight excluding hydrogens is 280 g/mol. The van der Waals surface area contributed by atoms with E-state index in [1.807, 2.05) is 13.8 Å². The molecule has 20 heavy (non-hydrogen) atoms. The van der Waals surface area contributed by atoms with Crippen LogP contribution in [0.25, 0.3) is 0 Å². The molecule has 0 aromatic heterocycles. The van der Waals surface area contributed by atoms with E-state index in [4.69, 9.17) is 8.92 Å². The Labute approximate surface area is 119 Å². The first-order chi connectivity index (χ1) is 9.37. The smallest absolute Gasteiger partial charge is 0.306 e. The number of aryl methyl sites for hydroxylation is 1. The maximum atomic E-state index is 12.0. The van der Waals surface area contributed by atoms with Gasteiger partial charge in [0.2, 0.25) is 0 Å². The van der Waals surface area contributed by atoms with Crippen molar-refractivity contribution in [3.8, 4) is 0 Å². The Balaban J connectivity index is 1.99. The van der Waals surface area contributed by atoms with E-state index in [1.165, 1.54) is 12.1 Å². The summed E-state index contributed by atoms with van der Waals surface area (Å²) in [6.45, 7) is 3.67. The number of cyclic esters (lactones) is 1. The molecule has 0 saturated carbocycles. The number of rotatable bonds is 4. The third-order valence-electron chi connectivity index (χ3n) is 3.20. The van der Waals surface area contributed by atoms with Crippen LogP contribution >= 0.6 is 0 Å². The van der Waals surface area contributed by atoms with Gasteiger partial charge in [0.15, 0.2) is 0 Å². The monoisotopic (exact) mass is 298 g/mol. The minimum atomic E-state index is -3.80. The van der Waals surface area contributed by atoms with Crippen LogP contribution in [0.5, 0.6) is 0 Å². The molecule has 2 atom stereocenters. The van der Waals surface area contributed by atoms with Gasteiger partial charge in [0.1, 0.15) is 12.7 Å². The van der Waals surface area contributed by atoms with Gasteiger partial charge >= 0.3 is 5.97 Å². The molecule has 0 amide bonds. The molecule has 110 valence electrons. The van der Waals surface area contributed by atoms with Gasteiger partial charge in [-0.05, 0) is 31.4 Å². The third kappa shape index (κ3) is 3.80. The summed E-state index contributed by atoms with van der Waals surface area (Å²) in [7, 11) is -3.80. The molecular formula is C14H18O5S. The summed E-state index contributed by atoms with van der Waals surface area (Å²) in [5, 5.41) is 0. The van der Waals surface area contributed by atoms with Crippen molar-refractivity contribution >= 4 is 16.1 Å². The van der Waals surface area contributed by atoms with E-state index >= 15 is 0 Å². The van der Waals surface area contributed by atoms with Crippen LogP contribution in [0.15, 0.2) is 29.2 Å². The molecule has 1 aromatic rings. The molecule has 0 bridgehead atoms. The van der Waals surface area contributed by atoms with E-state index < -0.39 is 16.2 Å². The Morgan fingerprint density at radius 3 is 2.55 bits per heavy atom. The standard InChI is InChI=1S/C14H18O5S/c1-10-3-5-13(6-4-10)20(16,17)18-9-12-7-11(2)8-14(15)19-12/h3-6,11-12H,7-9H2,1-2H3/t11-,12?/m1/s1. The molecule has 0 aliphatic carbocycles. The molecule has 1 aliphatic rings. The van der Waals surface area contributed by atoms with Gasteiger partial charge in [-0.3, -0.25) is 8.98 Å². The minimum absolute atomic E-state index is 0.110. The molecule has 1 heterocycles. The SMILES string of the molecule is Cc1ccc(S(=O)(=O)OCC2C[C@@H](C)CC(=O)O2)cc1.